The number of aromatic nitrogens is 2. The van der Waals surface area contributed by atoms with E-state index in [4.69, 9.17) is 9.84 Å². The number of rotatable bonds is 7. The third kappa shape index (κ3) is 5.31. The Hall–Kier alpha value is -2.72. The second-order valence-corrected chi connectivity index (χ2v) is 9.22. The van der Waals surface area contributed by atoms with Crippen molar-refractivity contribution < 1.29 is 24.5 Å². The number of nitrogens with zero attached hydrogens (tertiary/aromatic N) is 1. The highest BCUT2D eigenvalue weighted by Crippen LogP contribution is 2.35. The first-order chi connectivity index (χ1) is 14.7. The first-order valence-corrected chi connectivity index (χ1v) is 11.1. The van der Waals surface area contributed by atoms with E-state index in [1.165, 1.54) is 17.8 Å². The summed E-state index contributed by atoms with van der Waals surface area (Å²) in [5, 5.41) is 23.2. The lowest BCUT2D eigenvalue weighted by Gasteiger charge is -2.37. The van der Waals surface area contributed by atoms with Crippen LogP contribution in [0.3, 0.4) is 0 Å². The summed E-state index contributed by atoms with van der Waals surface area (Å²) in [5.74, 6) is -1.43. The summed E-state index contributed by atoms with van der Waals surface area (Å²) in [6.07, 6.45) is 3.22. The molecule has 0 spiro atoms. The average Bonchev–Trinajstić information content (AvgIpc) is 3.16. The number of carbonyl (C=O) groups excluding carboxylic acids is 1. The summed E-state index contributed by atoms with van der Waals surface area (Å²) >= 11 is 1.17. The Bertz CT molecular complexity index is 1010. The Labute approximate surface area is 183 Å². The molecule has 1 aliphatic rings. The van der Waals surface area contributed by atoms with Crippen LogP contribution in [0, 0.1) is 17.8 Å². The molecule has 31 heavy (non-hydrogen) atoms. The van der Waals surface area contributed by atoms with Crippen molar-refractivity contribution in [3.8, 4) is 16.5 Å². The minimum Gasteiger partial charge on any atom is -0.501 e. The van der Waals surface area contributed by atoms with Gasteiger partial charge in [0.2, 0.25) is 11.7 Å². The van der Waals surface area contributed by atoms with Gasteiger partial charge in [-0.2, -0.15) is 0 Å². The zero-order valence-electron chi connectivity index (χ0n) is 17.7. The molecule has 1 amide bonds. The lowest BCUT2D eigenvalue weighted by molar-refractivity contribution is -0.126. The van der Waals surface area contributed by atoms with E-state index in [2.05, 4.69) is 36.1 Å². The molecular formula is C21H27N3O6S. The smallest absolute Gasteiger partial charge is 0.358 e. The van der Waals surface area contributed by atoms with Gasteiger partial charge in [0.25, 0.3) is 5.56 Å². The van der Waals surface area contributed by atoms with Gasteiger partial charge in [-0.3, -0.25) is 9.59 Å². The minimum atomic E-state index is -1.53. The van der Waals surface area contributed by atoms with Crippen LogP contribution < -0.4 is 10.9 Å². The number of aromatic carboxylic acids is 1. The number of hydrogen-bond acceptors (Lipinski definition) is 7. The highest BCUT2D eigenvalue weighted by molar-refractivity contribution is 7.14. The Balaban J connectivity index is 1.71. The lowest BCUT2D eigenvalue weighted by atomic mass is 9.75. The van der Waals surface area contributed by atoms with Gasteiger partial charge in [-0.25, -0.2) is 9.78 Å². The summed E-state index contributed by atoms with van der Waals surface area (Å²) in [4.78, 5) is 42.2. The third-order valence-electron chi connectivity index (χ3n) is 5.64. The highest BCUT2D eigenvalue weighted by Gasteiger charge is 2.31. The second-order valence-electron chi connectivity index (χ2n) is 8.30. The molecule has 4 N–H and O–H groups in total. The molecule has 168 valence electrons. The normalized spacial score (nSPS) is 21.2. The number of hydrogen-bond donors (Lipinski definition) is 4. The molecule has 3 rings (SSSR count). The molecule has 2 aromatic heterocycles. The number of aromatic amines is 1. The van der Waals surface area contributed by atoms with Gasteiger partial charge in [0, 0.05) is 0 Å². The van der Waals surface area contributed by atoms with E-state index in [1.54, 1.807) is 11.4 Å². The minimum absolute atomic E-state index is 0.0321. The number of thiophene rings is 1. The molecule has 0 aliphatic heterocycles. The van der Waals surface area contributed by atoms with Crippen LogP contribution in [0.2, 0.25) is 0 Å². The fourth-order valence-corrected chi connectivity index (χ4v) is 4.78. The van der Waals surface area contributed by atoms with Crippen molar-refractivity contribution in [1.82, 2.24) is 9.97 Å². The van der Waals surface area contributed by atoms with Gasteiger partial charge < -0.3 is 25.3 Å². The average molecular weight is 450 g/mol. The van der Waals surface area contributed by atoms with Crippen molar-refractivity contribution >= 4 is 28.9 Å². The van der Waals surface area contributed by atoms with Crippen molar-refractivity contribution in [3.63, 3.8) is 0 Å². The van der Waals surface area contributed by atoms with Crippen molar-refractivity contribution in [2.24, 2.45) is 17.8 Å². The highest BCUT2D eigenvalue weighted by atomic mass is 32.1. The number of carboxylic acids is 1. The van der Waals surface area contributed by atoms with Gasteiger partial charge in [-0.05, 0) is 42.0 Å². The molecule has 1 fully saturated rings. The van der Waals surface area contributed by atoms with Crippen LogP contribution in [0.25, 0.3) is 10.7 Å². The van der Waals surface area contributed by atoms with E-state index < -0.39 is 23.0 Å². The molecule has 2 heterocycles. The van der Waals surface area contributed by atoms with Gasteiger partial charge in [0.05, 0.1) is 16.7 Å². The number of H-pyrrole nitrogens is 1. The topological polar surface area (TPSA) is 142 Å². The number of ether oxygens (including phenoxy) is 1. The van der Waals surface area contributed by atoms with Crippen LogP contribution in [0.15, 0.2) is 16.2 Å². The largest absolute Gasteiger partial charge is 0.501 e. The monoisotopic (exact) mass is 449 g/mol. The Kier molecular flexibility index (Phi) is 7.11. The maximum Gasteiger partial charge on any atom is 0.358 e. The molecule has 0 saturated heterocycles. The number of aromatic hydroxyl groups is 1. The fraction of sp³-hybridized carbons (Fsp3) is 0.524. The quantitative estimate of drug-likeness (QED) is 0.508. The first kappa shape index (κ1) is 23.0. The number of anilines is 1. The molecule has 3 atom stereocenters. The van der Waals surface area contributed by atoms with Crippen molar-refractivity contribution in [1.29, 1.82) is 0 Å². The molecule has 0 unspecified atom stereocenters. The summed E-state index contributed by atoms with van der Waals surface area (Å²) in [5.41, 5.74) is -1.34. The Morgan fingerprint density at radius 3 is 2.81 bits per heavy atom. The zero-order chi connectivity index (χ0) is 22.7. The maximum absolute atomic E-state index is 12.5. The van der Waals surface area contributed by atoms with Gasteiger partial charge in [-0.15, -0.1) is 11.3 Å². The van der Waals surface area contributed by atoms with Crippen molar-refractivity contribution in [2.75, 3.05) is 11.9 Å². The standard InChI is InChI=1S/C21H27N3O6S/c1-10(2)12-5-4-11(3)8-14(12)30-9-15(25)22-13-6-7-31-18(13)19-23-16(21(28)29)17(26)20(27)24-19/h6-7,10-12,14,26H,4-5,8-9H2,1-3H3,(H,22,25)(H,28,29)(H,23,24,27)/t11-,12+,14-/m1/s1. The van der Waals surface area contributed by atoms with Crippen LogP contribution in [-0.2, 0) is 9.53 Å². The number of carboxylic acid groups (broad SMARTS) is 1. The van der Waals surface area contributed by atoms with Crippen LogP contribution in [0.1, 0.15) is 50.5 Å². The van der Waals surface area contributed by atoms with E-state index in [0.717, 1.165) is 12.8 Å². The van der Waals surface area contributed by atoms with E-state index in [0.29, 0.717) is 28.3 Å². The summed E-state index contributed by atoms with van der Waals surface area (Å²) < 4.78 is 5.98. The second kappa shape index (κ2) is 9.61. The van der Waals surface area contributed by atoms with Crippen molar-refractivity contribution in [3.05, 3.63) is 27.5 Å². The SMILES string of the molecule is CC(C)[C@@H]1CC[C@@H](C)C[C@H]1OCC(=O)Nc1ccsc1-c1nc(C(=O)O)c(O)c(=O)[nH]1. The fourth-order valence-electron chi connectivity index (χ4n) is 3.99. The van der Waals surface area contributed by atoms with Crippen LogP contribution in [-0.4, -0.2) is 44.8 Å². The van der Waals surface area contributed by atoms with Gasteiger partial charge >= 0.3 is 5.97 Å². The van der Waals surface area contributed by atoms with Gasteiger partial charge in [0.15, 0.2) is 11.5 Å². The summed E-state index contributed by atoms with van der Waals surface area (Å²) in [7, 11) is 0. The first-order valence-electron chi connectivity index (χ1n) is 10.2. The van der Waals surface area contributed by atoms with Crippen LogP contribution >= 0.6 is 11.3 Å². The van der Waals surface area contributed by atoms with Crippen LogP contribution in [0.5, 0.6) is 5.75 Å². The van der Waals surface area contributed by atoms with Gasteiger partial charge in [0.1, 0.15) is 6.61 Å². The summed E-state index contributed by atoms with van der Waals surface area (Å²) in [6, 6.07) is 1.63. The molecule has 1 aliphatic carbocycles. The van der Waals surface area contributed by atoms with E-state index in [-0.39, 0.29) is 24.4 Å². The van der Waals surface area contributed by atoms with Crippen molar-refractivity contribution in [2.45, 2.75) is 46.1 Å². The third-order valence-corrected chi connectivity index (χ3v) is 6.56. The predicted octanol–water partition coefficient (Wildman–Crippen LogP) is 3.32. The molecule has 9 nitrogen and oxygen atoms in total. The molecule has 0 bridgehead atoms. The zero-order valence-corrected chi connectivity index (χ0v) is 18.5. The predicted molar refractivity (Wildman–Crippen MR) is 117 cm³/mol. The molecular weight excluding hydrogens is 422 g/mol. The number of carbonyl (C=O) groups is 2. The summed E-state index contributed by atoms with van der Waals surface area (Å²) in [6.45, 7) is 6.44. The molecule has 2 aromatic rings. The molecule has 0 radical (unpaired) electrons. The number of nitrogens with one attached hydrogen (secondary N) is 2. The lowest BCUT2D eigenvalue weighted by Crippen LogP contribution is -2.36. The van der Waals surface area contributed by atoms with Crippen LogP contribution in [0.4, 0.5) is 5.69 Å². The molecule has 10 heteroatoms. The maximum atomic E-state index is 12.5. The Morgan fingerprint density at radius 2 is 2.13 bits per heavy atom. The molecule has 1 saturated carbocycles. The molecule has 0 aromatic carbocycles. The van der Waals surface area contributed by atoms with E-state index >= 15 is 0 Å². The Morgan fingerprint density at radius 1 is 1.39 bits per heavy atom. The van der Waals surface area contributed by atoms with E-state index in [1.807, 2.05) is 0 Å². The number of amides is 1. The van der Waals surface area contributed by atoms with E-state index in [9.17, 15) is 19.5 Å². The van der Waals surface area contributed by atoms with Gasteiger partial charge in [-0.1, -0.05) is 27.2 Å².